The van der Waals surface area contributed by atoms with E-state index in [0.717, 1.165) is 29.5 Å². The molecule has 5 heteroatoms. The first-order chi connectivity index (χ1) is 8.28. The lowest BCUT2D eigenvalue weighted by Gasteiger charge is -2.06. The van der Waals surface area contributed by atoms with Crippen molar-refractivity contribution in [2.24, 2.45) is 0 Å². The number of rotatable bonds is 4. The highest BCUT2D eigenvalue weighted by atomic mass is 15.1. The number of aromatic nitrogens is 4. The van der Waals surface area contributed by atoms with Gasteiger partial charge in [-0.05, 0) is 19.1 Å². The monoisotopic (exact) mass is 229 g/mol. The van der Waals surface area contributed by atoms with Crippen molar-refractivity contribution < 1.29 is 0 Å². The van der Waals surface area contributed by atoms with Crippen molar-refractivity contribution in [1.82, 2.24) is 20.2 Å². The van der Waals surface area contributed by atoms with E-state index in [1.165, 1.54) is 0 Å². The summed E-state index contributed by atoms with van der Waals surface area (Å²) in [5, 5.41) is 11.1. The summed E-state index contributed by atoms with van der Waals surface area (Å²) in [7, 11) is 0. The molecule has 0 fully saturated rings. The average molecular weight is 229 g/mol. The Morgan fingerprint density at radius 3 is 2.88 bits per heavy atom. The van der Waals surface area contributed by atoms with Gasteiger partial charge in [0.25, 0.3) is 0 Å². The molecule has 2 aromatic rings. The van der Waals surface area contributed by atoms with Gasteiger partial charge in [0.2, 0.25) is 0 Å². The van der Waals surface area contributed by atoms with Crippen LogP contribution >= 0.6 is 0 Å². The highest BCUT2D eigenvalue weighted by Gasteiger charge is 2.01. The molecule has 2 heterocycles. The molecule has 0 radical (unpaired) electrons. The Bertz CT molecular complexity index is 484. The number of aryl methyl sites for hydroxylation is 2. The van der Waals surface area contributed by atoms with Crippen molar-refractivity contribution in [3.8, 4) is 0 Å². The van der Waals surface area contributed by atoms with Crippen LogP contribution in [0, 0.1) is 6.92 Å². The Morgan fingerprint density at radius 2 is 2.18 bits per heavy atom. The minimum Gasteiger partial charge on any atom is -0.364 e. The molecule has 0 aromatic carbocycles. The topological polar surface area (TPSA) is 63.6 Å². The Balaban J connectivity index is 2.06. The minimum absolute atomic E-state index is 0.618. The molecule has 0 bridgehead atoms. The van der Waals surface area contributed by atoms with Crippen LogP contribution in [0.4, 0.5) is 5.82 Å². The predicted molar refractivity (Wildman–Crippen MR) is 65.5 cm³/mol. The van der Waals surface area contributed by atoms with Crippen molar-refractivity contribution in [1.29, 1.82) is 0 Å². The highest BCUT2D eigenvalue weighted by molar-refractivity contribution is 5.36. The van der Waals surface area contributed by atoms with E-state index in [2.05, 4.69) is 25.5 Å². The maximum absolute atomic E-state index is 4.40. The van der Waals surface area contributed by atoms with Gasteiger partial charge in [-0.3, -0.25) is 0 Å². The number of anilines is 1. The lowest BCUT2D eigenvalue weighted by molar-refractivity contribution is 0.892. The van der Waals surface area contributed by atoms with E-state index >= 15 is 0 Å². The van der Waals surface area contributed by atoms with Crippen molar-refractivity contribution in [2.45, 2.75) is 26.8 Å². The predicted octanol–water partition coefficient (Wildman–Crippen LogP) is 1.75. The van der Waals surface area contributed by atoms with Gasteiger partial charge in [-0.2, -0.15) is 10.2 Å². The normalized spacial score (nSPS) is 10.2. The SMILES string of the molecule is CCc1nc(C)cc(NCc2cccnn2)n1. The Hall–Kier alpha value is -2.04. The van der Waals surface area contributed by atoms with E-state index in [-0.39, 0.29) is 0 Å². The largest absolute Gasteiger partial charge is 0.364 e. The number of nitrogens with zero attached hydrogens (tertiary/aromatic N) is 4. The first-order valence-electron chi connectivity index (χ1n) is 5.63. The first kappa shape index (κ1) is 11.4. The summed E-state index contributed by atoms with van der Waals surface area (Å²) >= 11 is 0. The molecule has 5 nitrogen and oxygen atoms in total. The summed E-state index contributed by atoms with van der Waals surface area (Å²) in [5.41, 5.74) is 1.86. The summed E-state index contributed by atoms with van der Waals surface area (Å²) < 4.78 is 0. The quantitative estimate of drug-likeness (QED) is 0.865. The molecule has 2 rings (SSSR count). The van der Waals surface area contributed by atoms with Gasteiger partial charge in [0, 0.05) is 24.4 Å². The van der Waals surface area contributed by atoms with E-state index in [9.17, 15) is 0 Å². The Morgan fingerprint density at radius 1 is 1.29 bits per heavy atom. The molecule has 0 aliphatic carbocycles. The molecule has 17 heavy (non-hydrogen) atoms. The molecule has 0 aliphatic heterocycles. The fourth-order valence-electron chi connectivity index (χ4n) is 1.49. The van der Waals surface area contributed by atoms with Crippen LogP contribution in [0.25, 0.3) is 0 Å². The molecule has 0 saturated heterocycles. The molecule has 0 saturated carbocycles. The molecule has 2 aromatic heterocycles. The molecule has 88 valence electrons. The second kappa shape index (κ2) is 5.34. The molecule has 1 N–H and O–H groups in total. The molecule has 0 unspecified atom stereocenters. The van der Waals surface area contributed by atoms with Crippen molar-refractivity contribution >= 4 is 5.82 Å². The van der Waals surface area contributed by atoms with Crippen molar-refractivity contribution in [2.75, 3.05) is 5.32 Å². The van der Waals surface area contributed by atoms with Crippen LogP contribution in [0.1, 0.15) is 24.1 Å². The highest BCUT2D eigenvalue weighted by Crippen LogP contribution is 2.07. The van der Waals surface area contributed by atoms with Gasteiger partial charge in [0.1, 0.15) is 11.6 Å². The van der Waals surface area contributed by atoms with Crippen LogP contribution in [0.15, 0.2) is 24.4 Å². The van der Waals surface area contributed by atoms with E-state index in [1.807, 2.05) is 32.0 Å². The summed E-state index contributed by atoms with van der Waals surface area (Å²) in [6.45, 7) is 4.63. The van der Waals surface area contributed by atoms with E-state index < -0.39 is 0 Å². The first-order valence-corrected chi connectivity index (χ1v) is 5.63. The number of nitrogens with one attached hydrogen (secondary N) is 1. The third kappa shape index (κ3) is 3.21. The molecule has 0 spiro atoms. The number of hydrogen-bond donors (Lipinski definition) is 1. The van der Waals surface area contributed by atoms with Gasteiger partial charge in [-0.15, -0.1) is 0 Å². The van der Waals surface area contributed by atoms with Crippen molar-refractivity contribution in [3.05, 3.63) is 41.6 Å². The van der Waals surface area contributed by atoms with Gasteiger partial charge < -0.3 is 5.32 Å². The van der Waals surface area contributed by atoms with Crippen molar-refractivity contribution in [3.63, 3.8) is 0 Å². The molecule has 0 amide bonds. The third-order valence-corrected chi connectivity index (χ3v) is 2.29. The second-order valence-electron chi connectivity index (χ2n) is 3.73. The summed E-state index contributed by atoms with van der Waals surface area (Å²) in [4.78, 5) is 8.72. The zero-order valence-corrected chi connectivity index (χ0v) is 10.0. The standard InChI is InChI=1S/C12H15N5/c1-3-11-15-9(2)7-12(16-11)13-8-10-5-4-6-14-17-10/h4-7H,3,8H2,1-2H3,(H,13,15,16). The fraction of sp³-hybridized carbons (Fsp3) is 0.333. The number of hydrogen-bond acceptors (Lipinski definition) is 5. The van der Waals surface area contributed by atoms with E-state index in [0.29, 0.717) is 6.54 Å². The van der Waals surface area contributed by atoms with Gasteiger partial charge in [0.05, 0.1) is 12.2 Å². The minimum atomic E-state index is 0.618. The van der Waals surface area contributed by atoms with Crippen LogP contribution < -0.4 is 5.32 Å². The van der Waals surface area contributed by atoms with Crippen LogP contribution in [0.5, 0.6) is 0 Å². The van der Waals surface area contributed by atoms with Crippen LogP contribution in [0.3, 0.4) is 0 Å². The van der Waals surface area contributed by atoms with Gasteiger partial charge in [0.15, 0.2) is 0 Å². The molecule has 0 atom stereocenters. The smallest absolute Gasteiger partial charge is 0.130 e. The maximum atomic E-state index is 4.40. The molecular weight excluding hydrogens is 214 g/mol. The Kier molecular flexibility index (Phi) is 3.59. The molecule has 0 aliphatic rings. The van der Waals surface area contributed by atoms with E-state index in [4.69, 9.17) is 0 Å². The summed E-state index contributed by atoms with van der Waals surface area (Å²) in [6.07, 6.45) is 2.50. The summed E-state index contributed by atoms with van der Waals surface area (Å²) in [5.74, 6) is 1.69. The zero-order chi connectivity index (χ0) is 12.1. The lowest BCUT2D eigenvalue weighted by Crippen LogP contribution is -2.06. The van der Waals surface area contributed by atoms with Gasteiger partial charge in [-0.1, -0.05) is 6.92 Å². The average Bonchev–Trinajstić information content (AvgIpc) is 2.37. The van der Waals surface area contributed by atoms with Crippen LogP contribution in [0.2, 0.25) is 0 Å². The third-order valence-electron chi connectivity index (χ3n) is 2.29. The maximum Gasteiger partial charge on any atom is 0.130 e. The van der Waals surface area contributed by atoms with Crippen LogP contribution in [-0.2, 0) is 13.0 Å². The van der Waals surface area contributed by atoms with E-state index in [1.54, 1.807) is 6.20 Å². The second-order valence-corrected chi connectivity index (χ2v) is 3.73. The molecular formula is C12H15N5. The summed E-state index contributed by atoms with van der Waals surface area (Å²) in [6, 6.07) is 5.72. The van der Waals surface area contributed by atoms with Gasteiger partial charge >= 0.3 is 0 Å². The fourth-order valence-corrected chi connectivity index (χ4v) is 1.49. The lowest BCUT2D eigenvalue weighted by atomic mass is 10.3. The zero-order valence-electron chi connectivity index (χ0n) is 10.0. The van der Waals surface area contributed by atoms with Gasteiger partial charge in [-0.25, -0.2) is 9.97 Å². The Labute approximate surface area is 100 Å². The van der Waals surface area contributed by atoms with Crippen LogP contribution in [-0.4, -0.2) is 20.2 Å².